The van der Waals surface area contributed by atoms with Crippen LogP contribution < -0.4 is 0 Å². The Balaban J connectivity index is 2.08. The molecule has 2 fully saturated rings. The summed E-state index contributed by atoms with van der Waals surface area (Å²) in [4.78, 5) is 49.5. The quantitative estimate of drug-likeness (QED) is 0.265. The van der Waals surface area contributed by atoms with Crippen molar-refractivity contribution < 1.29 is 43.2 Å². The van der Waals surface area contributed by atoms with Crippen LogP contribution in [-0.4, -0.2) is 59.0 Å². The number of carbonyl (C=O) groups excluding carboxylic acids is 4. The van der Waals surface area contributed by atoms with Gasteiger partial charge in [0.1, 0.15) is 18.3 Å². The lowest BCUT2D eigenvalue weighted by molar-refractivity contribution is -0.179. The van der Waals surface area contributed by atoms with Crippen molar-refractivity contribution in [3.05, 3.63) is 22.8 Å². The lowest BCUT2D eigenvalue weighted by Gasteiger charge is -2.36. The van der Waals surface area contributed by atoms with E-state index in [-0.39, 0.29) is 19.3 Å². The maximum absolute atomic E-state index is 12.6. The van der Waals surface area contributed by atoms with Crippen molar-refractivity contribution in [2.45, 2.75) is 97.2 Å². The second-order valence-electron chi connectivity index (χ2n) is 9.38. The van der Waals surface area contributed by atoms with E-state index in [4.69, 9.17) is 18.9 Å². The summed E-state index contributed by atoms with van der Waals surface area (Å²) in [5, 5.41) is 11.9. The standard InChI is InChI=1S/C25H34O9/c1-7-9-20(27)33-19-11-18(31-15(6)26)16-10-17(32-23(28)12(3)8-2)13(4)21(16)22-25(19,30)14(5)24(29)34-22/h8,14,16-19,22,30H,7,9-11H2,1-6H3/b12-8-/t14-,16+,17+,18-,19-,22-,25+/m0/s1. The first-order chi connectivity index (χ1) is 15.9. The minimum Gasteiger partial charge on any atom is -0.462 e. The number of hydrogen-bond donors (Lipinski definition) is 1. The van der Waals surface area contributed by atoms with Crippen LogP contribution in [-0.2, 0) is 38.1 Å². The number of rotatable bonds is 6. The van der Waals surface area contributed by atoms with E-state index in [0.29, 0.717) is 23.1 Å². The predicted molar refractivity (Wildman–Crippen MR) is 119 cm³/mol. The molecular weight excluding hydrogens is 444 g/mol. The molecule has 0 radical (unpaired) electrons. The molecule has 0 aromatic heterocycles. The van der Waals surface area contributed by atoms with Gasteiger partial charge >= 0.3 is 23.9 Å². The topological polar surface area (TPSA) is 125 Å². The molecule has 1 N–H and O–H groups in total. The minimum absolute atomic E-state index is 0.0149. The van der Waals surface area contributed by atoms with Gasteiger partial charge in [0, 0.05) is 31.3 Å². The summed E-state index contributed by atoms with van der Waals surface area (Å²) in [6, 6.07) is 0. The Hall–Kier alpha value is -2.68. The van der Waals surface area contributed by atoms with Crippen LogP contribution >= 0.6 is 0 Å². The molecule has 34 heavy (non-hydrogen) atoms. The summed E-state index contributed by atoms with van der Waals surface area (Å²) < 4.78 is 22.7. The largest absolute Gasteiger partial charge is 0.462 e. The summed E-state index contributed by atoms with van der Waals surface area (Å²) >= 11 is 0. The van der Waals surface area contributed by atoms with Crippen LogP contribution in [0.3, 0.4) is 0 Å². The van der Waals surface area contributed by atoms with E-state index in [2.05, 4.69) is 0 Å². The van der Waals surface area contributed by atoms with Crippen LogP contribution in [0.4, 0.5) is 0 Å². The molecule has 2 aliphatic carbocycles. The molecule has 0 aromatic rings. The van der Waals surface area contributed by atoms with Crippen molar-refractivity contribution in [1.29, 1.82) is 0 Å². The van der Waals surface area contributed by atoms with Crippen molar-refractivity contribution >= 4 is 23.9 Å². The SMILES string of the molecule is C/C=C(/C)C(=O)O[C@@H]1C[C@H]2C(=C1C)[C@@H]1OC(=O)[C@H](C)[C@@]1(O)[C@@H](OC(=O)CCC)C[C@@H]2OC(C)=O. The Kier molecular flexibility index (Phi) is 7.55. The number of aliphatic hydroxyl groups is 1. The number of allylic oxidation sites excluding steroid dienone is 1. The van der Waals surface area contributed by atoms with E-state index in [9.17, 15) is 24.3 Å². The van der Waals surface area contributed by atoms with Crippen molar-refractivity contribution in [3.63, 3.8) is 0 Å². The van der Waals surface area contributed by atoms with Crippen LogP contribution in [0.5, 0.6) is 0 Å². The second-order valence-corrected chi connectivity index (χ2v) is 9.38. The molecule has 188 valence electrons. The third-order valence-corrected chi connectivity index (χ3v) is 7.25. The third-order valence-electron chi connectivity index (χ3n) is 7.25. The number of hydrogen-bond acceptors (Lipinski definition) is 9. The van der Waals surface area contributed by atoms with Crippen molar-refractivity contribution in [2.75, 3.05) is 0 Å². The zero-order valence-electron chi connectivity index (χ0n) is 20.6. The molecule has 0 bridgehead atoms. The van der Waals surface area contributed by atoms with Gasteiger partial charge in [-0.05, 0) is 51.7 Å². The Labute approximate surface area is 199 Å². The smallest absolute Gasteiger partial charge is 0.333 e. The molecule has 1 heterocycles. The van der Waals surface area contributed by atoms with Crippen LogP contribution in [0.25, 0.3) is 0 Å². The number of carbonyl (C=O) groups is 4. The molecule has 1 saturated carbocycles. The Morgan fingerprint density at radius 1 is 1.18 bits per heavy atom. The molecule has 9 nitrogen and oxygen atoms in total. The van der Waals surface area contributed by atoms with Gasteiger partial charge in [0.15, 0.2) is 11.7 Å². The lowest BCUT2D eigenvalue weighted by Crippen LogP contribution is -2.55. The molecule has 7 atom stereocenters. The Bertz CT molecular complexity index is 933. The van der Waals surface area contributed by atoms with Crippen LogP contribution in [0.15, 0.2) is 22.8 Å². The van der Waals surface area contributed by atoms with E-state index in [1.54, 1.807) is 26.8 Å². The monoisotopic (exact) mass is 478 g/mol. The van der Waals surface area contributed by atoms with Crippen molar-refractivity contribution in [1.82, 2.24) is 0 Å². The fourth-order valence-electron chi connectivity index (χ4n) is 5.20. The van der Waals surface area contributed by atoms with Gasteiger partial charge < -0.3 is 24.1 Å². The van der Waals surface area contributed by atoms with Crippen molar-refractivity contribution in [2.24, 2.45) is 11.8 Å². The molecule has 9 heteroatoms. The van der Waals surface area contributed by atoms with E-state index in [1.807, 2.05) is 6.92 Å². The first-order valence-electron chi connectivity index (χ1n) is 11.8. The van der Waals surface area contributed by atoms with Crippen LogP contribution in [0.2, 0.25) is 0 Å². The third kappa shape index (κ3) is 4.50. The molecule has 1 aliphatic heterocycles. The average molecular weight is 479 g/mol. The molecule has 0 amide bonds. The molecule has 0 aromatic carbocycles. The van der Waals surface area contributed by atoms with Crippen molar-refractivity contribution in [3.8, 4) is 0 Å². The minimum atomic E-state index is -1.86. The van der Waals surface area contributed by atoms with Crippen LogP contribution in [0.1, 0.15) is 67.2 Å². The summed E-state index contributed by atoms with van der Waals surface area (Å²) in [5.74, 6) is -3.61. The Morgan fingerprint density at radius 3 is 2.44 bits per heavy atom. The van der Waals surface area contributed by atoms with Gasteiger partial charge in [-0.15, -0.1) is 0 Å². The molecule has 3 rings (SSSR count). The lowest BCUT2D eigenvalue weighted by atomic mass is 9.78. The van der Waals surface area contributed by atoms with Gasteiger partial charge in [0.2, 0.25) is 0 Å². The van der Waals surface area contributed by atoms with Gasteiger partial charge in [-0.25, -0.2) is 4.79 Å². The fourth-order valence-corrected chi connectivity index (χ4v) is 5.20. The molecular formula is C25H34O9. The van der Waals surface area contributed by atoms with Crippen LogP contribution in [0, 0.1) is 11.8 Å². The molecule has 1 saturated heterocycles. The second kappa shape index (κ2) is 9.90. The highest BCUT2D eigenvalue weighted by molar-refractivity contribution is 5.88. The zero-order valence-corrected chi connectivity index (χ0v) is 20.6. The summed E-state index contributed by atoms with van der Waals surface area (Å²) in [6.07, 6.45) is -1.04. The summed E-state index contributed by atoms with van der Waals surface area (Å²) in [5.41, 5.74) is -0.231. The normalized spacial score (nSPS) is 35.1. The van der Waals surface area contributed by atoms with E-state index < -0.39 is 65.7 Å². The number of fused-ring (bicyclic) bond motifs is 3. The van der Waals surface area contributed by atoms with Gasteiger partial charge in [0.05, 0.1) is 5.92 Å². The maximum Gasteiger partial charge on any atom is 0.333 e. The van der Waals surface area contributed by atoms with E-state index >= 15 is 0 Å². The van der Waals surface area contributed by atoms with Gasteiger partial charge in [-0.1, -0.05) is 13.0 Å². The Morgan fingerprint density at radius 2 is 1.85 bits per heavy atom. The summed E-state index contributed by atoms with van der Waals surface area (Å²) in [6.45, 7) is 9.77. The zero-order chi connectivity index (χ0) is 25.4. The van der Waals surface area contributed by atoms with E-state index in [0.717, 1.165) is 0 Å². The van der Waals surface area contributed by atoms with E-state index in [1.165, 1.54) is 13.8 Å². The molecule has 0 unspecified atom stereocenters. The molecule has 0 spiro atoms. The molecule has 3 aliphatic rings. The number of esters is 4. The summed E-state index contributed by atoms with van der Waals surface area (Å²) in [7, 11) is 0. The van der Waals surface area contributed by atoms with Gasteiger partial charge in [0.25, 0.3) is 0 Å². The number of ether oxygens (including phenoxy) is 4. The fraction of sp³-hybridized carbons (Fsp3) is 0.680. The first kappa shape index (κ1) is 25.9. The van der Waals surface area contributed by atoms with Gasteiger partial charge in [-0.2, -0.15) is 0 Å². The highest BCUT2D eigenvalue weighted by atomic mass is 16.6. The van der Waals surface area contributed by atoms with Gasteiger partial charge in [-0.3, -0.25) is 14.4 Å². The highest BCUT2D eigenvalue weighted by Gasteiger charge is 2.66. The maximum atomic E-state index is 12.6. The predicted octanol–water partition coefficient (Wildman–Crippen LogP) is 2.54. The first-order valence-corrected chi connectivity index (χ1v) is 11.8. The average Bonchev–Trinajstić information content (AvgIpc) is 3.17. The highest BCUT2D eigenvalue weighted by Crippen LogP contribution is 2.52.